The van der Waals surface area contributed by atoms with E-state index in [2.05, 4.69) is 16.8 Å². The topological polar surface area (TPSA) is 47.4 Å². The number of aromatic nitrogens is 2. The summed E-state index contributed by atoms with van der Waals surface area (Å²) in [6.45, 7) is 6.93. The van der Waals surface area contributed by atoms with Crippen molar-refractivity contribution in [3.05, 3.63) is 64.5 Å². The predicted molar refractivity (Wildman–Crippen MR) is 112 cm³/mol. The van der Waals surface area contributed by atoms with Crippen LogP contribution in [-0.4, -0.2) is 40.2 Å². The van der Waals surface area contributed by atoms with Crippen LogP contribution in [0.3, 0.4) is 0 Å². The Kier molecular flexibility index (Phi) is 5.62. The van der Waals surface area contributed by atoms with Gasteiger partial charge in [-0.05, 0) is 76.1 Å². The lowest BCUT2D eigenvalue weighted by molar-refractivity contribution is 0.230. The van der Waals surface area contributed by atoms with Crippen molar-refractivity contribution in [1.82, 2.24) is 14.5 Å². The normalized spacial score (nSPS) is 17.1. The minimum atomic E-state index is -0.555. The zero-order valence-electron chi connectivity index (χ0n) is 16.9. The molecule has 5 nitrogen and oxygen atoms in total. The molecule has 1 atom stereocenters. The second kappa shape index (κ2) is 8.33. The van der Waals surface area contributed by atoms with Crippen molar-refractivity contribution in [2.45, 2.75) is 39.2 Å². The van der Waals surface area contributed by atoms with E-state index >= 15 is 0 Å². The highest BCUT2D eigenvalue weighted by molar-refractivity contribution is 5.78. The molecule has 0 aliphatic carbocycles. The first-order valence-electron chi connectivity index (χ1n) is 10.2. The lowest BCUT2D eigenvalue weighted by Gasteiger charge is -2.20. The largest absolute Gasteiger partial charge is 0.494 e. The Bertz CT molecular complexity index is 1060. The van der Waals surface area contributed by atoms with Crippen LogP contribution in [0.2, 0.25) is 0 Å². The summed E-state index contributed by atoms with van der Waals surface area (Å²) >= 11 is 0. The Morgan fingerprint density at radius 2 is 2.00 bits per heavy atom. The fourth-order valence-electron chi connectivity index (χ4n) is 4.08. The molecule has 6 heteroatoms. The van der Waals surface area contributed by atoms with Gasteiger partial charge in [0.2, 0.25) is 0 Å². The lowest BCUT2D eigenvalue weighted by Crippen LogP contribution is -2.28. The maximum absolute atomic E-state index is 14.2. The van der Waals surface area contributed by atoms with E-state index < -0.39 is 11.4 Å². The Balaban J connectivity index is 1.47. The number of ether oxygens (including phenoxy) is 1. The second-order valence-electron chi connectivity index (χ2n) is 7.66. The molecule has 4 rings (SSSR count). The number of halogens is 1. The molecule has 1 saturated heterocycles. The van der Waals surface area contributed by atoms with Gasteiger partial charge in [-0.1, -0.05) is 6.07 Å². The van der Waals surface area contributed by atoms with Crippen molar-refractivity contribution < 1.29 is 9.13 Å². The highest BCUT2D eigenvalue weighted by atomic mass is 19.1. The third-order valence-corrected chi connectivity index (χ3v) is 5.66. The van der Waals surface area contributed by atoms with Crippen LogP contribution in [0.4, 0.5) is 4.39 Å². The molecule has 0 spiro atoms. The van der Waals surface area contributed by atoms with E-state index in [1.165, 1.54) is 30.0 Å². The molecule has 3 aromatic rings. The van der Waals surface area contributed by atoms with E-state index in [0.29, 0.717) is 29.7 Å². The SMILES string of the molecule is Cc1nc2cccc(F)c2c(=O)n1-c1ccc(OCCCN2CCC[C@H]2C)cc1. The fraction of sp³-hybridized carbons (Fsp3) is 0.391. The molecule has 0 radical (unpaired) electrons. The van der Waals surface area contributed by atoms with Crippen LogP contribution in [0, 0.1) is 12.7 Å². The summed E-state index contributed by atoms with van der Waals surface area (Å²) in [7, 11) is 0. The van der Waals surface area contributed by atoms with Crippen LogP contribution >= 0.6 is 0 Å². The third kappa shape index (κ3) is 4.03. The van der Waals surface area contributed by atoms with E-state index in [1.54, 1.807) is 31.2 Å². The Morgan fingerprint density at radius 3 is 2.72 bits per heavy atom. The number of rotatable bonds is 6. The Labute approximate surface area is 169 Å². The zero-order chi connectivity index (χ0) is 20.4. The Hall–Kier alpha value is -2.73. The van der Waals surface area contributed by atoms with Crippen LogP contribution in [0.1, 0.15) is 32.0 Å². The molecular formula is C23H26FN3O2. The van der Waals surface area contributed by atoms with Crippen molar-refractivity contribution >= 4 is 10.9 Å². The molecule has 1 aliphatic heterocycles. The van der Waals surface area contributed by atoms with Gasteiger partial charge in [0.05, 0.1) is 17.8 Å². The quantitative estimate of drug-likeness (QED) is 0.590. The van der Waals surface area contributed by atoms with Gasteiger partial charge in [0.25, 0.3) is 5.56 Å². The molecule has 2 heterocycles. The molecule has 0 bridgehead atoms. The average Bonchev–Trinajstić information content (AvgIpc) is 3.11. The molecule has 0 unspecified atom stereocenters. The molecule has 1 aromatic heterocycles. The van der Waals surface area contributed by atoms with Crippen LogP contribution in [0.15, 0.2) is 47.3 Å². The van der Waals surface area contributed by atoms with E-state index in [4.69, 9.17) is 4.74 Å². The summed E-state index contributed by atoms with van der Waals surface area (Å²) in [5.74, 6) is 0.719. The first kappa shape index (κ1) is 19.6. The van der Waals surface area contributed by atoms with E-state index in [9.17, 15) is 9.18 Å². The second-order valence-corrected chi connectivity index (χ2v) is 7.66. The summed E-state index contributed by atoms with van der Waals surface area (Å²) in [5, 5.41) is 0.00886. The number of aryl methyl sites for hydroxylation is 1. The molecule has 0 saturated carbocycles. The van der Waals surface area contributed by atoms with E-state index in [-0.39, 0.29) is 5.39 Å². The summed E-state index contributed by atoms with van der Waals surface area (Å²) in [5.41, 5.74) is 0.610. The van der Waals surface area contributed by atoms with Crippen molar-refractivity contribution in [2.75, 3.05) is 19.7 Å². The molecule has 152 valence electrons. The fourth-order valence-corrected chi connectivity index (χ4v) is 4.08. The van der Waals surface area contributed by atoms with Gasteiger partial charge in [0.1, 0.15) is 22.8 Å². The first-order chi connectivity index (χ1) is 14.0. The van der Waals surface area contributed by atoms with Gasteiger partial charge in [0, 0.05) is 12.6 Å². The number of benzene rings is 2. The minimum absolute atomic E-state index is 0.00886. The number of likely N-dealkylation sites (tertiary alicyclic amines) is 1. The van der Waals surface area contributed by atoms with Gasteiger partial charge >= 0.3 is 0 Å². The molecule has 0 amide bonds. The molecular weight excluding hydrogens is 369 g/mol. The van der Waals surface area contributed by atoms with E-state index in [1.807, 2.05) is 12.1 Å². The minimum Gasteiger partial charge on any atom is -0.494 e. The zero-order valence-corrected chi connectivity index (χ0v) is 16.9. The van der Waals surface area contributed by atoms with Gasteiger partial charge in [0.15, 0.2) is 0 Å². The number of hydrogen-bond acceptors (Lipinski definition) is 4. The number of nitrogens with zero attached hydrogens (tertiary/aromatic N) is 3. The lowest BCUT2D eigenvalue weighted by atomic mass is 10.2. The highest BCUT2D eigenvalue weighted by Crippen LogP contribution is 2.19. The van der Waals surface area contributed by atoms with Gasteiger partial charge in [-0.2, -0.15) is 0 Å². The first-order valence-corrected chi connectivity index (χ1v) is 10.2. The van der Waals surface area contributed by atoms with E-state index in [0.717, 1.165) is 18.7 Å². The monoisotopic (exact) mass is 395 g/mol. The van der Waals surface area contributed by atoms with Crippen molar-refractivity contribution in [1.29, 1.82) is 0 Å². The molecule has 1 fully saturated rings. The maximum Gasteiger partial charge on any atom is 0.268 e. The van der Waals surface area contributed by atoms with Crippen LogP contribution in [0.5, 0.6) is 5.75 Å². The molecule has 0 N–H and O–H groups in total. The van der Waals surface area contributed by atoms with Gasteiger partial charge < -0.3 is 9.64 Å². The molecule has 1 aliphatic rings. The van der Waals surface area contributed by atoms with Gasteiger partial charge in [-0.25, -0.2) is 9.37 Å². The van der Waals surface area contributed by atoms with Gasteiger partial charge in [-0.3, -0.25) is 9.36 Å². The Morgan fingerprint density at radius 1 is 1.21 bits per heavy atom. The third-order valence-electron chi connectivity index (χ3n) is 5.66. The standard InChI is InChI=1S/C23H26FN3O2/c1-16-6-4-13-26(16)14-5-15-29-19-11-9-18(10-12-19)27-17(2)25-21-8-3-7-20(24)22(21)23(27)28/h3,7-12,16H,4-6,13-15H2,1-2H3/t16-/m1/s1. The number of fused-ring (bicyclic) bond motifs is 1. The number of hydrogen-bond donors (Lipinski definition) is 0. The summed E-state index contributed by atoms with van der Waals surface area (Å²) < 4.78 is 21.5. The highest BCUT2D eigenvalue weighted by Gasteiger charge is 2.19. The molecule has 2 aromatic carbocycles. The van der Waals surface area contributed by atoms with Gasteiger partial charge in [-0.15, -0.1) is 0 Å². The van der Waals surface area contributed by atoms with Crippen molar-refractivity contribution in [3.63, 3.8) is 0 Å². The van der Waals surface area contributed by atoms with Crippen LogP contribution < -0.4 is 10.3 Å². The van der Waals surface area contributed by atoms with Crippen LogP contribution in [0.25, 0.3) is 16.6 Å². The average molecular weight is 395 g/mol. The van der Waals surface area contributed by atoms with Crippen LogP contribution in [-0.2, 0) is 0 Å². The predicted octanol–water partition coefficient (Wildman–Crippen LogP) is 4.09. The van der Waals surface area contributed by atoms with Crippen molar-refractivity contribution in [2.24, 2.45) is 0 Å². The smallest absolute Gasteiger partial charge is 0.268 e. The molecule has 29 heavy (non-hydrogen) atoms. The summed E-state index contributed by atoms with van der Waals surface area (Å²) in [6.07, 6.45) is 3.56. The maximum atomic E-state index is 14.2. The van der Waals surface area contributed by atoms with Crippen molar-refractivity contribution in [3.8, 4) is 11.4 Å². The summed E-state index contributed by atoms with van der Waals surface area (Å²) in [4.78, 5) is 19.8. The summed E-state index contributed by atoms with van der Waals surface area (Å²) in [6, 6.07) is 12.5.